The van der Waals surface area contributed by atoms with Crippen LogP contribution >= 0.6 is 0 Å². The van der Waals surface area contributed by atoms with E-state index in [1.807, 2.05) is 12.1 Å². The molecular weight excluding hydrogens is 250 g/mol. The van der Waals surface area contributed by atoms with E-state index in [2.05, 4.69) is 6.07 Å². The van der Waals surface area contributed by atoms with E-state index >= 15 is 0 Å². The van der Waals surface area contributed by atoms with Gasteiger partial charge in [0, 0.05) is 24.1 Å². The Morgan fingerprint density at radius 2 is 1.85 bits per heavy atom. The summed E-state index contributed by atoms with van der Waals surface area (Å²) in [5.41, 5.74) is 7.49. The van der Waals surface area contributed by atoms with Crippen LogP contribution in [0.5, 0.6) is 11.5 Å². The molecule has 0 bridgehead atoms. The second-order valence-corrected chi connectivity index (χ2v) is 6.27. The zero-order valence-electron chi connectivity index (χ0n) is 12.4. The molecule has 1 aromatic carbocycles. The van der Waals surface area contributed by atoms with Crippen molar-refractivity contribution in [2.75, 3.05) is 7.11 Å². The standard InChI is InChI=1S/C17H25NO2/c1-19-13-7-8-14-15(18)12-17(20-16(14)11-13)9-5-3-2-4-6-10-17/h7-8,11,15H,2-6,9-10,12,18H2,1H3/t15-/m1/s1. The third-order valence-electron chi connectivity index (χ3n) is 4.80. The van der Waals surface area contributed by atoms with Crippen LogP contribution in [0.4, 0.5) is 0 Å². The van der Waals surface area contributed by atoms with Crippen LogP contribution in [0.3, 0.4) is 0 Å². The van der Waals surface area contributed by atoms with Crippen molar-refractivity contribution in [1.82, 2.24) is 0 Å². The first-order chi connectivity index (χ1) is 9.72. The Morgan fingerprint density at radius 1 is 1.15 bits per heavy atom. The Hall–Kier alpha value is -1.22. The largest absolute Gasteiger partial charge is 0.497 e. The number of fused-ring (bicyclic) bond motifs is 1. The zero-order chi connectivity index (χ0) is 14.0. The van der Waals surface area contributed by atoms with Crippen molar-refractivity contribution in [3.05, 3.63) is 23.8 Å². The molecule has 1 aliphatic carbocycles. The molecule has 1 aromatic rings. The van der Waals surface area contributed by atoms with Crippen LogP contribution in [0, 0.1) is 0 Å². The highest BCUT2D eigenvalue weighted by molar-refractivity contribution is 5.44. The molecule has 0 aromatic heterocycles. The predicted octanol–water partition coefficient (Wildman–Crippen LogP) is 3.96. The minimum atomic E-state index is -0.0425. The molecule has 20 heavy (non-hydrogen) atoms. The Kier molecular flexibility index (Phi) is 3.88. The van der Waals surface area contributed by atoms with Gasteiger partial charge in [0.1, 0.15) is 17.1 Å². The van der Waals surface area contributed by atoms with Crippen LogP contribution in [-0.4, -0.2) is 12.7 Å². The fraction of sp³-hybridized carbons (Fsp3) is 0.647. The SMILES string of the molecule is COc1ccc2c(c1)OC1(CCCCCCC1)C[C@H]2N. The summed E-state index contributed by atoms with van der Waals surface area (Å²) in [7, 11) is 1.69. The number of rotatable bonds is 1. The van der Waals surface area contributed by atoms with Gasteiger partial charge in [-0.25, -0.2) is 0 Å². The lowest BCUT2D eigenvalue weighted by molar-refractivity contribution is 0.0111. The summed E-state index contributed by atoms with van der Waals surface area (Å²) >= 11 is 0. The van der Waals surface area contributed by atoms with Gasteiger partial charge in [0.15, 0.2) is 0 Å². The van der Waals surface area contributed by atoms with Crippen molar-refractivity contribution >= 4 is 0 Å². The lowest BCUT2D eigenvalue weighted by Gasteiger charge is -2.42. The molecule has 2 aliphatic rings. The molecule has 3 heteroatoms. The van der Waals surface area contributed by atoms with Crippen molar-refractivity contribution in [3.63, 3.8) is 0 Å². The summed E-state index contributed by atoms with van der Waals surface area (Å²) in [5.74, 6) is 1.78. The van der Waals surface area contributed by atoms with Crippen molar-refractivity contribution < 1.29 is 9.47 Å². The monoisotopic (exact) mass is 275 g/mol. The first kappa shape index (κ1) is 13.7. The molecule has 1 fully saturated rings. The van der Waals surface area contributed by atoms with E-state index in [1.165, 1.54) is 32.1 Å². The zero-order valence-corrected chi connectivity index (χ0v) is 12.4. The number of nitrogens with two attached hydrogens (primary N) is 1. The molecule has 1 atom stereocenters. The second kappa shape index (κ2) is 5.65. The van der Waals surface area contributed by atoms with Crippen LogP contribution in [0.15, 0.2) is 18.2 Å². The van der Waals surface area contributed by atoms with Crippen molar-refractivity contribution in [1.29, 1.82) is 0 Å². The minimum absolute atomic E-state index is 0.0425. The summed E-state index contributed by atoms with van der Waals surface area (Å²) in [6.45, 7) is 0. The highest BCUT2D eigenvalue weighted by Crippen LogP contribution is 2.45. The van der Waals surface area contributed by atoms with E-state index in [-0.39, 0.29) is 11.6 Å². The van der Waals surface area contributed by atoms with Gasteiger partial charge in [-0.3, -0.25) is 0 Å². The average Bonchev–Trinajstić information content (AvgIpc) is 2.43. The summed E-state index contributed by atoms with van der Waals surface area (Å²) in [5, 5.41) is 0. The highest BCUT2D eigenvalue weighted by Gasteiger charge is 2.39. The fourth-order valence-corrected chi connectivity index (χ4v) is 3.68. The quantitative estimate of drug-likeness (QED) is 0.843. The molecule has 1 heterocycles. The second-order valence-electron chi connectivity index (χ2n) is 6.27. The van der Waals surface area contributed by atoms with Crippen LogP contribution < -0.4 is 15.2 Å². The van der Waals surface area contributed by atoms with Crippen LogP contribution in [-0.2, 0) is 0 Å². The predicted molar refractivity (Wildman–Crippen MR) is 80.2 cm³/mol. The van der Waals surface area contributed by atoms with E-state index in [0.29, 0.717) is 0 Å². The Balaban J connectivity index is 1.88. The third-order valence-corrected chi connectivity index (χ3v) is 4.80. The normalized spacial score (nSPS) is 25.2. The lowest BCUT2D eigenvalue weighted by atomic mass is 9.79. The maximum Gasteiger partial charge on any atom is 0.128 e. The number of hydrogen-bond acceptors (Lipinski definition) is 3. The maximum absolute atomic E-state index is 6.45. The molecule has 0 radical (unpaired) electrons. The van der Waals surface area contributed by atoms with Crippen molar-refractivity contribution in [2.45, 2.75) is 63.0 Å². The smallest absolute Gasteiger partial charge is 0.128 e. The van der Waals surface area contributed by atoms with Crippen LogP contribution in [0.25, 0.3) is 0 Å². The van der Waals surface area contributed by atoms with E-state index in [0.717, 1.165) is 36.3 Å². The van der Waals surface area contributed by atoms with E-state index in [4.69, 9.17) is 15.2 Å². The molecule has 0 saturated heterocycles. The summed E-state index contributed by atoms with van der Waals surface area (Å²) in [6, 6.07) is 6.10. The van der Waals surface area contributed by atoms with Gasteiger partial charge in [-0.2, -0.15) is 0 Å². The van der Waals surface area contributed by atoms with Gasteiger partial charge in [0.2, 0.25) is 0 Å². The Labute approximate surface area is 121 Å². The number of hydrogen-bond donors (Lipinski definition) is 1. The fourth-order valence-electron chi connectivity index (χ4n) is 3.68. The van der Waals surface area contributed by atoms with Gasteiger partial charge in [-0.15, -0.1) is 0 Å². The average molecular weight is 275 g/mol. The van der Waals surface area contributed by atoms with E-state index < -0.39 is 0 Å². The molecule has 1 spiro atoms. The molecule has 110 valence electrons. The van der Waals surface area contributed by atoms with Gasteiger partial charge >= 0.3 is 0 Å². The summed E-state index contributed by atoms with van der Waals surface area (Å²) < 4.78 is 11.8. The van der Waals surface area contributed by atoms with Gasteiger partial charge in [0.05, 0.1) is 7.11 Å². The first-order valence-electron chi connectivity index (χ1n) is 7.85. The van der Waals surface area contributed by atoms with Gasteiger partial charge in [0.25, 0.3) is 0 Å². The lowest BCUT2D eigenvalue weighted by Crippen LogP contribution is -2.43. The minimum Gasteiger partial charge on any atom is -0.497 e. The molecule has 3 rings (SSSR count). The topological polar surface area (TPSA) is 44.5 Å². The molecule has 2 N–H and O–H groups in total. The summed E-state index contributed by atoms with van der Waals surface area (Å²) in [6.07, 6.45) is 9.75. The molecule has 1 aliphatic heterocycles. The number of methoxy groups -OCH3 is 1. The number of benzene rings is 1. The first-order valence-corrected chi connectivity index (χ1v) is 7.85. The molecule has 3 nitrogen and oxygen atoms in total. The summed E-state index contributed by atoms with van der Waals surface area (Å²) in [4.78, 5) is 0. The molecule has 0 amide bonds. The number of ether oxygens (including phenoxy) is 2. The van der Waals surface area contributed by atoms with Crippen molar-refractivity contribution in [3.8, 4) is 11.5 Å². The van der Waals surface area contributed by atoms with Gasteiger partial charge in [-0.1, -0.05) is 25.3 Å². The maximum atomic E-state index is 6.45. The highest BCUT2D eigenvalue weighted by atomic mass is 16.5. The molecule has 0 unspecified atom stereocenters. The van der Waals surface area contributed by atoms with E-state index in [9.17, 15) is 0 Å². The Morgan fingerprint density at radius 3 is 2.55 bits per heavy atom. The van der Waals surface area contributed by atoms with Gasteiger partial charge in [-0.05, 0) is 31.7 Å². The van der Waals surface area contributed by atoms with Gasteiger partial charge < -0.3 is 15.2 Å². The molecule has 1 saturated carbocycles. The Bertz CT molecular complexity index is 464. The van der Waals surface area contributed by atoms with E-state index in [1.54, 1.807) is 7.11 Å². The van der Waals surface area contributed by atoms with Crippen molar-refractivity contribution in [2.24, 2.45) is 5.73 Å². The van der Waals surface area contributed by atoms with Crippen LogP contribution in [0.2, 0.25) is 0 Å². The third kappa shape index (κ3) is 2.64. The van der Waals surface area contributed by atoms with Crippen LogP contribution in [0.1, 0.15) is 63.0 Å². The molecular formula is C17H25NO2.